The summed E-state index contributed by atoms with van der Waals surface area (Å²) in [6.07, 6.45) is 1.75. The van der Waals surface area contributed by atoms with Crippen LogP contribution in [0.3, 0.4) is 0 Å². The van der Waals surface area contributed by atoms with Crippen LogP contribution < -0.4 is 4.72 Å². The monoisotopic (exact) mass is 324 g/mol. The molecule has 0 spiro atoms. The van der Waals surface area contributed by atoms with Crippen LogP contribution in [0.2, 0.25) is 0 Å². The quantitative estimate of drug-likeness (QED) is 0.906. The molecule has 0 saturated carbocycles. The summed E-state index contributed by atoms with van der Waals surface area (Å²) in [6.45, 7) is 10.5. The zero-order chi connectivity index (χ0) is 16.3. The third-order valence-electron chi connectivity index (χ3n) is 4.44. The van der Waals surface area contributed by atoms with Gasteiger partial charge in [-0.25, -0.2) is 13.1 Å². The molecule has 22 heavy (non-hydrogen) atoms. The average Bonchev–Trinajstić information content (AvgIpc) is 2.47. The summed E-state index contributed by atoms with van der Waals surface area (Å²) in [6, 6.07) is 7.80. The van der Waals surface area contributed by atoms with Gasteiger partial charge < -0.3 is 4.90 Å². The van der Waals surface area contributed by atoms with Crippen molar-refractivity contribution < 1.29 is 8.42 Å². The maximum atomic E-state index is 12.5. The summed E-state index contributed by atoms with van der Waals surface area (Å²) in [7, 11) is -3.41. The second-order valence-corrected chi connectivity index (χ2v) is 8.46. The lowest BCUT2D eigenvalue weighted by atomic mass is 10.0. The average molecular weight is 324 g/mol. The number of hydrogen-bond donors (Lipinski definition) is 1. The van der Waals surface area contributed by atoms with Crippen molar-refractivity contribution in [3.05, 3.63) is 29.8 Å². The van der Waals surface area contributed by atoms with Crippen LogP contribution in [0.15, 0.2) is 29.2 Å². The molecule has 1 aromatic rings. The van der Waals surface area contributed by atoms with Crippen LogP contribution in [0.4, 0.5) is 0 Å². The Kier molecular flexibility index (Phi) is 5.64. The summed E-state index contributed by atoms with van der Waals surface area (Å²) in [5.41, 5.74) is 1.16. The molecule has 1 aliphatic rings. The Morgan fingerprint density at radius 2 is 1.59 bits per heavy atom. The zero-order valence-corrected chi connectivity index (χ0v) is 14.9. The number of benzene rings is 1. The largest absolute Gasteiger partial charge is 0.301 e. The van der Waals surface area contributed by atoms with Gasteiger partial charge in [-0.15, -0.1) is 0 Å². The van der Waals surface area contributed by atoms with Crippen LogP contribution in [-0.2, 0) is 10.0 Å². The van der Waals surface area contributed by atoms with Crippen LogP contribution in [0.25, 0.3) is 0 Å². The predicted molar refractivity (Wildman–Crippen MR) is 90.6 cm³/mol. The number of nitrogens with zero attached hydrogens (tertiary/aromatic N) is 1. The molecule has 0 aromatic heterocycles. The van der Waals surface area contributed by atoms with Gasteiger partial charge >= 0.3 is 0 Å². The van der Waals surface area contributed by atoms with E-state index in [4.69, 9.17) is 0 Å². The third-order valence-corrected chi connectivity index (χ3v) is 5.98. The number of hydrogen-bond acceptors (Lipinski definition) is 3. The lowest BCUT2D eigenvalue weighted by molar-refractivity contribution is 0.168. The summed E-state index contributed by atoms with van der Waals surface area (Å²) in [4.78, 5) is 2.76. The second-order valence-electron chi connectivity index (χ2n) is 6.75. The van der Waals surface area contributed by atoms with Crippen molar-refractivity contribution in [1.82, 2.24) is 9.62 Å². The molecule has 1 aromatic carbocycles. The van der Waals surface area contributed by atoms with Gasteiger partial charge in [0.05, 0.1) is 4.90 Å². The van der Waals surface area contributed by atoms with E-state index in [-0.39, 0.29) is 6.04 Å². The molecule has 0 aliphatic carbocycles. The normalized spacial score (nSPS) is 18.3. The van der Waals surface area contributed by atoms with Crippen molar-refractivity contribution in [1.29, 1.82) is 0 Å². The van der Waals surface area contributed by atoms with Gasteiger partial charge in [-0.05, 0) is 63.4 Å². The van der Waals surface area contributed by atoms with Crippen molar-refractivity contribution in [3.8, 4) is 0 Å². The smallest absolute Gasteiger partial charge is 0.240 e. The molecular weight excluding hydrogens is 296 g/mol. The molecule has 1 heterocycles. The Balaban J connectivity index is 1.99. The minimum atomic E-state index is -3.41. The Labute approximate surface area is 135 Å². The highest BCUT2D eigenvalue weighted by Crippen LogP contribution is 2.19. The minimum absolute atomic E-state index is 0.0461. The molecule has 1 fully saturated rings. The van der Waals surface area contributed by atoms with Crippen LogP contribution in [0, 0.1) is 0 Å². The molecule has 4 nitrogen and oxygen atoms in total. The lowest BCUT2D eigenvalue weighted by Crippen LogP contribution is -2.46. The van der Waals surface area contributed by atoms with E-state index in [1.807, 2.05) is 12.1 Å². The van der Waals surface area contributed by atoms with Gasteiger partial charge in [-0.3, -0.25) is 0 Å². The Morgan fingerprint density at radius 1 is 1.05 bits per heavy atom. The zero-order valence-electron chi connectivity index (χ0n) is 14.0. The van der Waals surface area contributed by atoms with Gasteiger partial charge in [0.25, 0.3) is 0 Å². The molecule has 1 saturated heterocycles. The topological polar surface area (TPSA) is 49.4 Å². The number of piperidine rings is 1. The third kappa shape index (κ3) is 4.31. The highest BCUT2D eigenvalue weighted by Gasteiger charge is 2.25. The number of nitrogens with one attached hydrogen (secondary N) is 1. The molecule has 0 atom stereocenters. The van der Waals surface area contributed by atoms with E-state index in [1.54, 1.807) is 12.1 Å². The fraction of sp³-hybridized carbons (Fsp3) is 0.647. The van der Waals surface area contributed by atoms with E-state index in [9.17, 15) is 8.42 Å². The molecule has 5 heteroatoms. The van der Waals surface area contributed by atoms with Gasteiger partial charge in [0.2, 0.25) is 10.0 Å². The summed E-state index contributed by atoms with van der Waals surface area (Å²) in [5.74, 6) is 0.407. The first-order chi connectivity index (χ1) is 10.3. The maximum absolute atomic E-state index is 12.5. The standard InChI is InChI=1S/C17H28N2O2S/c1-13(2)15-5-7-17(8-6-15)22(20,21)18-16-9-11-19(12-10-16)14(3)4/h5-8,13-14,16,18H,9-12H2,1-4H3. The van der Waals surface area contributed by atoms with Crippen molar-refractivity contribution in [2.75, 3.05) is 13.1 Å². The summed E-state index contributed by atoms with van der Waals surface area (Å²) in [5, 5.41) is 0. The Morgan fingerprint density at radius 3 is 2.05 bits per heavy atom. The molecule has 0 amide bonds. The SMILES string of the molecule is CC(C)c1ccc(S(=O)(=O)NC2CCN(C(C)C)CC2)cc1. The van der Waals surface area contributed by atoms with Crippen LogP contribution in [0.1, 0.15) is 52.0 Å². The minimum Gasteiger partial charge on any atom is -0.301 e. The van der Waals surface area contributed by atoms with E-state index >= 15 is 0 Å². The van der Waals surface area contributed by atoms with Gasteiger partial charge in [0.1, 0.15) is 0 Å². The first-order valence-electron chi connectivity index (χ1n) is 8.16. The first-order valence-corrected chi connectivity index (χ1v) is 9.64. The van der Waals surface area contributed by atoms with Crippen molar-refractivity contribution in [2.24, 2.45) is 0 Å². The highest BCUT2D eigenvalue weighted by atomic mass is 32.2. The predicted octanol–water partition coefficient (Wildman–Crippen LogP) is 2.96. The fourth-order valence-electron chi connectivity index (χ4n) is 2.85. The summed E-state index contributed by atoms with van der Waals surface area (Å²) < 4.78 is 27.8. The molecular formula is C17H28N2O2S. The number of likely N-dealkylation sites (tertiary alicyclic amines) is 1. The van der Waals surface area contributed by atoms with Crippen molar-refractivity contribution in [2.45, 2.75) is 63.4 Å². The van der Waals surface area contributed by atoms with Crippen LogP contribution in [-0.4, -0.2) is 38.5 Å². The second kappa shape index (κ2) is 7.11. The summed E-state index contributed by atoms with van der Waals surface area (Å²) >= 11 is 0. The number of rotatable bonds is 5. The Hall–Kier alpha value is -0.910. The molecule has 1 N–H and O–H groups in total. The van der Waals surface area contributed by atoms with E-state index in [0.29, 0.717) is 16.9 Å². The van der Waals surface area contributed by atoms with Gasteiger partial charge in [-0.2, -0.15) is 0 Å². The van der Waals surface area contributed by atoms with E-state index in [2.05, 4.69) is 37.3 Å². The van der Waals surface area contributed by atoms with Gasteiger partial charge in [0.15, 0.2) is 0 Å². The molecule has 124 valence electrons. The van der Waals surface area contributed by atoms with Gasteiger partial charge in [-0.1, -0.05) is 26.0 Å². The first kappa shape index (κ1) is 17.4. The van der Waals surface area contributed by atoms with Crippen molar-refractivity contribution in [3.63, 3.8) is 0 Å². The van der Waals surface area contributed by atoms with E-state index in [0.717, 1.165) is 31.5 Å². The van der Waals surface area contributed by atoms with E-state index < -0.39 is 10.0 Å². The molecule has 0 bridgehead atoms. The molecule has 0 radical (unpaired) electrons. The lowest BCUT2D eigenvalue weighted by Gasteiger charge is -2.34. The molecule has 0 unspecified atom stereocenters. The highest BCUT2D eigenvalue weighted by molar-refractivity contribution is 7.89. The molecule has 1 aliphatic heterocycles. The van der Waals surface area contributed by atoms with E-state index in [1.165, 1.54) is 0 Å². The fourth-order valence-corrected chi connectivity index (χ4v) is 4.16. The van der Waals surface area contributed by atoms with Crippen molar-refractivity contribution >= 4 is 10.0 Å². The number of sulfonamides is 1. The van der Waals surface area contributed by atoms with Crippen LogP contribution >= 0.6 is 0 Å². The molecule has 2 rings (SSSR count). The maximum Gasteiger partial charge on any atom is 0.240 e. The van der Waals surface area contributed by atoms with Gasteiger partial charge in [0, 0.05) is 12.1 Å². The Bertz CT molecular complexity index is 571. The van der Waals surface area contributed by atoms with Crippen LogP contribution in [0.5, 0.6) is 0 Å².